The van der Waals surface area contributed by atoms with Crippen LogP contribution in [0.4, 0.5) is 5.95 Å². The molecule has 1 saturated heterocycles. The van der Waals surface area contributed by atoms with Crippen molar-refractivity contribution in [3.8, 4) is 17.6 Å². The third kappa shape index (κ3) is 4.00. The average molecular weight is 425 g/mol. The van der Waals surface area contributed by atoms with Gasteiger partial charge in [0.15, 0.2) is 0 Å². The molecular weight excluding hydrogens is 400 g/mol. The normalized spacial score (nSPS) is 14.4. The Balaban J connectivity index is 1.22. The predicted molar refractivity (Wildman–Crippen MR) is 123 cm³/mol. The lowest BCUT2D eigenvalue weighted by Crippen LogP contribution is -2.39. The molecule has 1 aliphatic rings. The average Bonchev–Trinajstić information content (AvgIpc) is 3.28. The van der Waals surface area contributed by atoms with Crippen molar-refractivity contribution < 1.29 is 4.74 Å². The zero-order valence-corrected chi connectivity index (χ0v) is 18.0. The predicted octanol–water partition coefficient (Wildman–Crippen LogP) is 4.30. The van der Waals surface area contributed by atoms with E-state index in [1.807, 2.05) is 59.6 Å². The van der Waals surface area contributed by atoms with Crippen molar-refractivity contribution in [2.75, 3.05) is 18.0 Å². The highest BCUT2D eigenvalue weighted by Gasteiger charge is 2.22. The number of benzene rings is 1. The van der Waals surface area contributed by atoms with Crippen LogP contribution in [0, 0.1) is 11.3 Å². The first-order valence-corrected chi connectivity index (χ1v) is 10.9. The number of aromatic nitrogens is 4. The van der Waals surface area contributed by atoms with E-state index in [-0.39, 0.29) is 6.10 Å². The fourth-order valence-electron chi connectivity index (χ4n) is 4.06. The van der Waals surface area contributed by atoms with Gasteiger partial charge in [0.1, 0.15) is 17.7 Å². The molecule has 1 aliphatic heterocycles. The molecule has 0 N–H and O–H groups in total. The molecule has 0 amide bonds. The molecular formula is C25H24N6O. The molecule has 32 heavy (non-hydrogen) atoms. The van der Waals surface area contributed by atoms with Crippen molar-refractivity contribution >= 4 is 16.9 Å². The van der Waals surface area contributed by atoms with Gasteiger partial charge in [-0.15, -0.1) is 0 Å². The molecule has 0 saturated carbocycles. The minimum Gasteiger partial charge on any atom is -0.489 e. The van der Waals surface area contributed by atoms with Crippen molar-refractivity contribution in [3.63, 3.8) is 0 Å². The van der Waals surface area contributed by atoms with Gasteiger partial charge in [0.05, 0.1) is 23.3 Å². The van der Waals surface area contributed by atoms with E-state index in [4.69, 9.17) is 10.00 Å². The summed E-state index contributed by atoms with van der Waals surface area (Å²) in [5.41, 5.74) is 2.83. The number of anilines is 1. The van der Waals surface area contributed by atoms with Crippen molar-refractivity contribution in [1.29, 1.82) is 5.26 Å². The summed E-state index contributed by atoms with van der Waals surface area (Å²) < 4.78 is 8.21. The molecule has 0 unspecified atom stereocenters. The minimum absolute atomic E-state index is 0.158. The van der Waals surface area contributed by atoms with E-state index in [9.17, 15) is 0 Å². The lowest BCUT2D eigenvalue weighted by atomic mass is 10.1. The fourth-order valence-corrected chi connectivity index (χ4v) is 4.06. The van der Waals surface area contributed by atoms with Crippen LogP contribution in [-0.4, -0.2) is 38.7 Å². The largest absolute Gasteiger partial charge is 0.489 e. The van der Waals surface area contributed by atoms with Gasteiger partial charge in [-0.1, -0.05) is 6.92 Å². The maximum Gasteiger partial charge on any atom is 0.225 e. The van der Waals surface area contributed by atoms with Crippen LogP contribution in [0.15, 0.2) is 61.2 Å². The SMILES string of the molecule is CCc1cnc(N2CCC(Oc3ccc(-n4ccc5cc(C#N)ccc54)nc3)CC2)nc1. The van der Waals surface area contributed by atoms with E-state index in [0.29, 0.717) is 5.56 Å². The molecule has 7 nitrogen and oxygen atoms in total. The monoisotopic (exact) mass is 424 g/mol. The Bertz CT molecular complexity index is 1250. The molecule has 1 fully saturated rings. The van der Waals surface area contributed by atoms with E-state index < -0.39 is 0 Å². The third-order valence-corrected chi connectivity index (χ3v) is 5.91. The maximum atomic E-state index is 9.09. The van der Waals surface area contributed by atoms with Gasteiger partial charge in [-0.25, -0.2) is 15.0 Å². The van der Waals surface area contributed by atoms with Crippen molar-refractivity contribution in [2.45, 2.75) is 32.3 Å². The standard InChI is InChI=1S/C25H24N6O/c1-2-18-15-28-25(29-16-18)30-10-8-21(9-11-30)32-22-4-6-24(27-17-22)31-12-7-20-13-19(14-26)3-5-23(20)31/h3-7,12-13,15-17,21H,2,8-11H2,1H3. The van der Waals surface area contributed by atoms with Gasteiger partial charge >= 0.3 is 0 Å². The highest BCUT2D eigenvalue weighted by atomic mass is 16.5. The zero-order chi connectivity index (χ0) is 21.9. The topological polar surface area (TPSA) is 79.9 Å². The first kappa shape index (κ1) is 20.0. The molecule has 1 aromatic carbocycles. The van der Waals surface area contributed by atoms with Crippen LogP contribution in [0.3, 0.4) is 0 Å². The van der Waals surface area contributed by atoms with Crippen molar-refractivity contribution in [1.82, 2.24) is 19.5 Å². The number of piperidine rings is 1. The van der Waals surface area contributed by atoms with Gasteiger partial charge in [-0.2, -0.15) is 5.26 Å². The van der Waals surface area contributed by atoms with Gasteiger partial charge in [0.25, 0.3) is 0 Å². The lowest BCUT2D eigenvalue weighted by molar-refractivity contribution is 0.170. The second kappa shape index (κ2) is 8.67. The highest BCUT2D eigenvalue weighted by Crippen LogP contribution is 2.24. The summed E-state index contributed by atoms with van der Waals surface area (Å²) in [6, 6.07) is 13.8. The number of nitriles is 1. The smallest absolute Gasteiger partial charge is 0.225 e. The molecule has 160 valence electrons. The quantitative estimate of drug-likeness (QED) is 0.475. The number of fused-ring (bicyclic) bond motifs is 1. The summed E-state index contributed by atoms with van der Waals surface area (Å²) in [5, 5.41) is 10.1. The molecule has 3 aromatic heterocycles. The first-order chi connectivity index (χ1) is 15.7. The molecule has 0 bridgehead atoms. The molecule has 4 aromatic rings. The zero-order valence-electron chi connectivity index (χ0n) is 18.0. The summed E-state index contributed by atoms with van der Waals surface area (Å²) >= 11 is 0. The van der Waals surface area contributed by atoms with Crippen LogP contribution in [-0.2, 0) is 6.42 Å². The van der Waals surface area contributed by atoms with Gasteiger partial charge in [-0.05, 0) is 48.4 Å². The molecule has 7 heteroatoms. The molecule has 5 rings (SSSR count). The Morgan fingerprint density at radius 1 is 1.03 bits per heavy atom. The van der Waals surface area contributed by atoms with Crippen LogP contribution in [0.25, 0.3) is 16.7 Å². The van der Waals surface area contributed by atoms with Crippen molar-refractivity contribution in [2.24, 2.45) is 0 Å². The summed E-state index contributed by atoms with van der Waals surface area (Å²) in [7, 11) is 0. The second-order valence-corrected chi connectivity index (χ2v) is 7.97. The molecule has 4 heterocycles. The number of ether oxygens (including phenoxy) is 1. The Morgan fingerprint density at radius 2 is 1.84 bits per heavy atom. The van der Waals surface area contributed by atoms with E-state index in [1.54, 1.807) is 6.20 Å². The van der Waals surface area contributed by atoms with Gasteiger partial charge < -0.3 is 14.2 Å². The highest BCUT2D eigenvalue weighted by molar-refractivity contribution is 5.83. The Kier molecular flexibility index (Phi) is 5.42. The number of nitrogens with zero attached hydrogens (tertiary/aromatic N) is 6. The number of aryl methyl sites for hydroxylation is 1. The minimum atomic E-state index is 0.158. The van der Waals surface area contributed by atoms with Crippen LogP contribution in [0.2, 0.25) is 0 Å². The summed E-state index contributed by atoms with van der Waals surface area (Å²) in [4.78, 5) is 15.8. The lowest BCUT2D eigenvalue weighted by Gasteiger charge is -2.32. The first-order valence-electron chi connectivity index (χ1n) is 10.9. The van der Waals surface area contributed by atoms with Crippen molar-refractivity contribution in [3.05, 3.63) is 72.3 Å². The Morgan fingerprint density at radius 3 is 2.53 bits per heavy atom. The number of rotatable bonds is 5. The fraction of sp³-hybridized carbons (Fsp3) is 0.280. The Hall–Kier alpha value is -3.92. The second-order valence-electron chi connectivity index (χ2n) is 7.97. The number of hydrogen-bond donors (Lipinski definition) is 0. The van der Waals surface area contributed by atoms with Crippen LogP contribution >= 0.6 is 0 Å². The van der Waals surface area contributed by atoms with E-state index >= 15 is 0 Å². The van der Waals surface area contributed by atoms with Gasteiger partial charge in [0, 0.05) is 49.9 Å². The van der Waals surface area contributed by atoms with E-state index in [1.165, 1.54) is 0 Å². The van der Waals surface area contributed by atoms with Crippen LogP contribution in [0.1, 0.15) is 30.9 Å². The van der Waals surface area contributed by atoms with Gasteiger partial charge in [-0.3, -0.25) is 0 Å². The summed E-state index contributed by atoms with van der Waals surface area (Å²) in [6.07, 6.45) is 10.5. The Labute approximate surface area is 186 Å². The maximum absolute atomic E-state index is 9.09. The molecule has 0 spiro atoms. The van der Waals surface area contributed by atoms with E-state index in [2.05, 4.69) is 32.8 Å². The third-order valence-electron chi connectivity index (χ3n) is 5.91. The van der Waals surface area contributed by atoms with Gasteiger partial charge in [0.2, 0.25) is 5.95 Å². The summed E-state index contributed by atoms with van der Waals surface area (Å²) in [5.74, 6) is 2.39. The molecule has 0 radical (unpaired) electrons. The number of pyridine rings is 1. The number of hydrogen-bond acceptors (Lipinski definition) is 6. The van der Waals surface area contributed by atoms with Crippen LogP contribution < -0.4 is 9.64 Å². The van der Waals surface area contributed by atoms with E-state index in [0.717, 1.165) is 66.3 Å². The van der Waals surface area contributed by atoms with Crippen LogP contribution in [0.5, 0.6) is 5.75 Å². The molecule has 0 atom stereocenters. The molecule has 0 aliphatic carbocycles. The summed E-state index contributed by atoms with van der Waals surface area (Å²) in [6.45, 7) is 3.86.